The highest BCUT2D eigenvalue weighted by Crippen LogP contribution is 2.20. The number of halogens is 1. The van der Waals surface area contributed by atoms with Crippen molar-refractivity contribution in [3.63, 3.8) is 0 Å². The molecule has 0 spiro atoms. The van der Waals surface area contributed by atoms with E-state index in [-0.39, 0.29) is 17.0 Å². The number of Topliss-reactive ketones (excluding diaryl/α,β-unsaturated/α-hetero) is 1. The van der Waals surface area contributed by atoms with E-state index in [0.717, 1.165) is 6.07 Å². The monoisotopic (exact) mass is 347 g/mol. The molecule has 2 aromatic carbocycles. The maximum absolute atomic E-state index is 12.2. The first-order valence-electron chi connectivity index (χ1n) is 7.05. The van der Waals surface area contributed by atoms with Gasteiger partial charge < -0.3 is 4.74 Å². The van der Waals surface area contributed by atoms with E-state index < -0.39 is 17.0 Å². The molecule has 0 saturated heterocycles. The predicted molar refractivity (Wildman–Crippen MR) is 88.5 cm³/mol. The van der Waals surface area contributed by atoms with E-state index >= 15 is 0 Å². The second-order valence-corrected chi connectivity index (χ2v) is 5.61. The van der Waals surface area contributed by atoms with Crippen LogP contribution >= 0.6 is 11.6 Å². The SMILES string of the molecule is Cc1ccc(C(=O)O[C@H](C)C(=O)c2ccc(Cl)cc2)cc1[N+](=O)[O-]. The second kappa shape index (κ2) is 7.23. The molecule has 2 rings (SSSR count). The maximum Gasteiger partial charge on any atom is 0.339 e. The van der Waals surface area contributed by atoms with E-state index in [4.69, 9.17) is 16.3 Å². The summed E-state index contributed by atoms with van der Waals surface area (Å²) >= 11 is 5.76. The molecule has 0 bridgehead atoms. The van der Waals surface area contributed by atoms with Crippen LogP contribution in [-0.2, 0) is 4.74 Å². The number of esters is 1. The molecule has 0 aromatic heterocycles. The van der Waals surface area contributed by atoms with Crippen LogP contribution in [-0.4, -0.2) is 22.8 Å². The molecule has 124 valence electrons. The fraction of sp³-hybridized carbons (Fsp3) is 0.176. The number of ketones is 1. The van der Waals surface area contributed by atoms with Gasteiger partial charge in [0.15, 0.2) is 6.10 Å². The molecule has 0 aliphatic rings. The lowest BCUT2D eigenvalue weighted by atomic mass is 10.1. The molecule has 1 atom stereocenters. The fourth-order valence-electron chi connectivity index (χ4n) is 2.06. The van der Waals surface area contributed by atoms with Crippen molar-refractivity contribution >= 4 is 29.0 Å². The molecule has 0 N–H and O–H groups in total. The van der Waals surface area contributed by atoms with Gasteiger partial charge in [0.05, 0.1) is 10.5 Å². The zero-order valence-electron chi connectivity index (χ0n) is 13.0. The summed E-state index contributed by atoms with van der Waals surface area (Å²) in [6.07, 6.45) is -1.03. The van der Waals surface area contributed by atoms with Crippen LogP contribution in [0.1, 0.15) is 33.2 Å². The summed E-state index contributed by atoms with van der Waals surface area (Å²) in [6, 6.07) is 10.2. The van der Waals surface area contributed by atoms with Crippen molar-refractivity contribution in [3.8, 4) is 0 Å². The van der Waals surface area contributed by atoms with E-state index in [1.54, 1.807) is 19.1 Å². The molecule has 6 nitrogen and oxygen atoms in total. The number of ether oxygens (including phenoxy) is 1. The number of rotatable bonds is 5. The van der Waals surface area contributed by atoms with Gasteiger partial charge in [-0.2, -0.15) is 0 Å². The van der Waals surface area contributed by atoms with Gasteiger partial charge in [-0.15, -0.1) is 0 Å². The largest absolute Gasteiger partial charge is 0.451 e. The minimum atomic E-state index is -1.03. The standard InChI is InChI=1S/C17H14ClNO5/c1-10-3-4-13(9-15(10)19(22)23)17(21)24-11(2)16(20)12-5-7-14(18)8-6-12/h3-9,11H,1-2H3/t11-/m1/s1. The van der Waals surface area contributed by atoms with Gasteiger partial charge in [-0.05, 0) is 44.2 Å². The molecule has 2 aromatic rings. The Balaban J connectivity index is 2.14. The Morgan fingerprint density at radius 3 is 2.29 bits per heavy atom. The van der Waals surface area contributed by atoms with Gasteiger partial charge in [0, 0.05) is 22.2 Å². The first-order chi connectivity index (χ1) is 11.3. The summed E-state index contributed by atoms with van der Waals surface area (Å²) in [5, 5.41) is 11.4. The number of aryl methyl sites for hydroxylation is 1. The van der Waals surface area contributed by atoms with Crippen molar-refractivity contribution in [2.45, 2.75) is 20.0 Å². The third-order valence-electron chi connectivity index (χ3n) is 3.42. The Morgan fingerprint density at radius 1 is 1.12 bits per heavy atom. The lowest BCUT2D eigenvalue weighted by molar-refractivity contribution is -0.385. The summed E-state index contributed by atoms with van der Waals surface area (Å²) in [6.45, 7) is 3.01. The predicted octanol–water partition coefficient (Wildman–Crippen LogP) is 3.98. The summed E-state index contributed by atoms with van der Waals surface area (Å²) < 4.78 is 5.11. The van der Waals surface area contributed by atoms with Gasteiger partial charge in [0.2, 0.25) is 5.78 Å². The van der Waals surface area contributed by atoms with Gasteiger partial charge in [0.1, 0.15) is 0 Å². The molecule has 0 heterocycles. The Bertz CT molecular complexity index is 801. The van der Waals surface area contributed by atoms with E-state index in [0.29, 0.717) is 16.1 Å². The highest BCUT2D eigenvalue weighted by atomic mass is 35.5. The Morgan fingerprint density at radius 2 is 1.71 bits per heavy atom. The van der Waals surface area contributed by atoms with Crippen molar-refractivity contribution in [3.05, 3.63) is 74.3 Å². The van der Waals surface area contributed by atoms with Crippen molar-refractivity contribution in [1.82, 2.24) is 0 Å². The van der Waals surface area contributed by atoms with Gasteiger partial charge in [-0.3, -0.25) is 14.9 Å². The minimum Gasteiger partial charge on any atom is -0.451 e. The van der Waals surface area contributed by atoms with E-state index in [1.807, 2.05) is 0 Å². The van der Waals surface area contributed by atoms with Crippen molar-refractivity contribution in [2.24, 2.45) is 0 Å². The third kappa shape index (κ3) is 3.97. The van der Waals surface area contributed by atoms with Crippen LogP contribution in [0, 0.1) is 17.0 Å². The number of carbonyl (C=O) groups is 2. The Kier molecular flexibility index (Phi) is 5.31. The van der Waals surface area contributed by atoms with Crippen LogP contribution in [0.2, 0.25) is 5.02 Å². The summed E-state index contributed by atoms with van der Waals surface area (Å²) in [4.78, 5) is 34.7. The summed E-state index contributed by atoms with van der Waals surface area (Å²) in [5.74, 6) is -1.19. The van der Waals surface area contributed by atoms with Crippen LogP contribution in [0.4, 0.5) is 5.69 Å². The fourth-order valence-corrected chi connectivity index (χ4v) is 2.19. The molecular weight excluding hydrogens is 334 g/mol. The molecule has 24 heavy (non-hydrogen) atoms. The number of hydrogen-bond donors (Lipinski definition) is 0. The molecule has 7 heteroatoms. The molecule has 0 unspecified atom stereocenters. The number of nitrogens with zero attached hydrogens (tertiary/aromatic N) is 1. The average molecular weight is 348 g/mol. The molecule has 0 amide bonds. The minimum absolute atomic E-state index is 0.0167. The van der Waals surface area contributed by atoms with Crippen LogP contribution < -0.4 is 0 Å². The normalized spacial score (nSPS) is 11.6. The number of hydrogen-bond acceptors (Lipinski definition) is 5. The molecule has 0 aliphatic heterocycles. The van der Waals surface area contributed by atoms with Crippen LogP contribution in [0.25, 0.3) is 0 Å². The van der Waals surface area contributed by atoms with E-state index in [9.17, 15) is 19.7 Å². The number of benzene rings is 2. The topological polar surface area (TPSA) is 86.5 Å². The summed E-state index contributed by atoms with van der Waals surface area (Å²) in [5.41, 5.74) is 0.626. The molecule has 0 radical (unpaired) electrons. The molecular formula is C17H14ClNO5. The van der Waals surface area contributed by atoms with Crippen LogP contribution in [0.5, 0.6) is 0 Å². The van der Waals surface area contributed by atoms with Crippen molar-refractivity contribution < 1.29 is 19.2 Å². The quantitative estimate of drug-likeness (QED) is 0.353. The molecule has 0 aliphatic carbocycles. The molecule has 0 saturated carbocycles. The van der Waals surface area contributed by atoms with Gasteiger partial charge in [0.25, 0.3) is 5.69 Å². The van der Waals surface area contributed by atoms with Gasteiger partial charge >= 0.3 is 5.97 Å². The van der Waals surface area contributed by atoms with Crippen LogP contribution in [0.3, 0.4) is 0 Å². The lowest BCUT2D eigenvalue weighted by Gasteiger charge is -2.12. The average Bonchev–Trinajstić information content (AvgIpc) is 2.54. The van der Waals surface area contributed by atoms with E-state index in [2.05, 4.69) is 0 Å². The third-order valence-corrected chi connectivity index (χ3v) is 3.68. The zero-order valence-corrected chi connectivity index (χ0v) is 13.7. The number of carbonyl (C=O) groups excluding carboxylic acids is 2. The number of nitro groups is 1. The lowest BCUT2D eigenvalue weighted by Crippen LogP contribution is -2.24. The van der Waals surface area contributed by atoms with Gasteiger partial charge in [-0.1, -0.05) is 17.7 Å². The Hall–Kier alpha value is -2.73. The highest BCUT2D eigenvalue weighted by molar-refractivity contribution is 6.30. The van der Waals surface area contributed by atoms with Crippen molar-refractivity contribution in [2.75, 3.05) is 0 Å². The van der Waals surface area contributed by atoms with Crippen molar-refractivity contribution in [1.29, 1.82) is 0 Å². The van der Waals surface area contributed by atoms with Crippen LogP contribution in [0.15, 0.2) is 42.5 Å². The zero-order chi connectivity index (χ0) is 17.9. The number of nitro benzene ring substituents is 1. The first kappa shape index (κ1) is 17.6. The maximum atomic E-state index is 12.2. The highest BCUT2D eigenvalue weighted by Gasteiger charge is 2.22. The Labute approximate surface area is 143 Å². The second-order valence-electron chi connectivity index (χ2n) is 5.18. The first-order valence-corrected chi connectivity index (χ1v) is 7.43. The van der Waals surface area contributed by atoms with E-state index in [1.165, 1.54) is 31.2 Å². The summed E-state index contributed by atoms with van der Waals surface area (Å²) in [7, 11) is 0. The van der Waals surface area contributed by atoms with Gasteiger partial charge in [-0.25, -0.2) is 4.79 Å². The molecule has 0 fully saturated rings. The smallest absolute Gasteiger partial charge is 0.339 e.